The lowest BCUT2D eigenvalue weighted by atomic mass is 9.72. The summed E-state index contributed by atoms with van der Waals surface area (Å²) in [6.07, 6.45) is 8.09. The van der Waals surface area contributed by atoms with Crippen LogP contribution in [0.25, 0.3) is 21.8 Å². The number of nitrogens with zero attached hydrogens (tertiary/aromatic N) is 4. The highest BCUT2D eigenvalue weighted by molar-refractivity contribution is 6.45. The van der Waals surface area contributed by atoms with Gasteiger partial charge in [0.15, 0.2) is 0 Å². The Balaban J connectivity index is 0.943. The van der Waals surface area contributed by atoms with E-state index in [0.717, 1.165) is 43.9 Å². The monoisotopic (exact) mass is 1010 g/mol. The van der Waals surface area contributed by atoms with Crippen LogP contribution in [-0.2, 0) is 19.2 Å². The van der Waals surface area contributed by atoms with Crippen LogP contribution in [0.3, 0.4) is 0 Å². The maximum Gasteiger partial charge on any atom is 0.271 e. The molecule has 4 aliphatic rings. The van der Waals surface area contributed by atoms with Crippen LogP contribution in [-0.4, -0.2) is 106 Å². The third kappa shape index (κ3) is 11.2. The number of likely N-dealkylation sites (tertiary alicyclic amines) is 2. The van der Waals surface area contributed by atoms with Gasteiger partial charge in [0.05, 0.1) is 38.2 Å². The van der Waals surface area contributed by atoms with Crippen LogP contribution in [0.1, 0.15) is 118 Å². The lowest BCUT2D eigenvalue weighted by Gasteiger charge is -2.39. The fourth-order valence-corrected chi connectivity index (χ4v) is 11.9. The Morgan fingerprint density at radius 1 is 0.829 bits per heavy atom. The summed E-state index contributed by atoms with van der Waals surface area (Å²) in [5.74, 6) is -3.39. The summed E-state index contributed by atoms with van der Waals surface area (Å²) in [5.41, 5.74) is 0.546. The highest BCUT2D eigenvalue weighted by Crippen LogP contribution is 2.47. The number of H-pyrrole nitrogens is 2. The molecule has 0 radical (unpaired) electrons. The van der Waals surface area contributed by atoms with Crippen LogP contribution in [0.15, 0.2) is 42.5 Å². The number of halogens is 3. The quantitative estimate of drug-likeness (QED) is 0.0694. The number of fused-ring (bicyclic) bond motifs is 2. The average Bonchev–Trinajstić information content (AvgIpc) is 4.08. The van der Waals surface area contributed by atoms with E-state index >= 15 is 0 Å². The van der Waals surface area contributed by atoms with Crippen LogP contribution < -0.4 is 21.3 Å². The van der Waals surface area contributed by atoms with E-state index < -0.39 is 59.1 Å². The van der Waals surface area contributed by atoms with E-state index in [9.17, 15) is 39.3 Å². The molecule has 3 aliphatic heterocycles. The van der Waals surface area contributed by atoms with Gasteiger partial charge in [0.1, 0.15) is 35.6 Å². The second-order valence-corrected chi connectivity index (χ2v) is 21.8. The summed E-state index contributed by atoms with van der Waals surface area (Å²) < 4.78 is 0. The van der Waals surface area contributed by atoms with Gasteiger partial charge in [0.25, 0.3) is 11.8 Å². The molecule has 4 aromatic rings. The number of para-hydroxylation sites is 1. The Bertz CT molecular complexity index is 2770. The number of carbonyl (C=O) groups excluding carboxylic acids is 6. The topological polar surface area (TPSA) is 236 Å². The van der Waals surface area contributed by atoms with Crippen molar-refractivity contribution in [2.45, 2.75) is 121 Å². The lowest BCUT2D eigenvalue weighted by Crippen LogP contribution is -2.54. The summed E-state index contributed by atoms with van der Waals surface area (Å²) >= 11 is 19.1. The smallest absolute Gasteiger partial charge is 0.271 e. The largest absolute Gasteiger partial charge is 0.356 e. The molecule has 2 aromatic carbocycles. The van der Waals surface area contributed by atoms with Gasteiger partial charge in [0, 0.05) is 48.8 Å². The maximum atomic E-state index is 14.3. The van der Waals surface area contributed by atoms with Crippen LogP contribution >= 0.6 is 34.8 Å². The molecule has 1 saturated carbocycles. The summed E-state index contributed by atoms with van der Waals surface area (Å²) in [7, 11) is 0. The molecule has 370 valence electrons. The Labute approximate surface area is 421 Å². The normalized spacial score (nSPS) is 21.7. The molecule has 19 heteroatoms. The van der Waals surface area contributed by atoms with Crippen LogP contribution in [0.4, 0.5) is 0 Å². The van der Waals surface area contributed by atoms with Crippen LogP contribution in [0, 0.1) is 45.3 Å². The molecule has 6 atom stereocenters. The second-order valence-electron chi connectivity index (χ2n) is 20.6. The number of amides is 6. The van der Waals surface area contributed by atoms with Gasteiger partial charge in [0.2, 0.25) is 23.6 Å². The first-order valence-electron chi connectivity index (χ1n) is 24.3. The van der Waals surface area contributed by atoms with Crippen molar-refractivity contribution in [3.05, 3.63) is 68.9 Å². The second kappa shape index (κ2) is 21.3. The summed E-state index contributed by atoms with van der Waals surface area (Å²) in [6, 6.07) is 12.4. The molecular formula is C51H59Cl3N10O6. The fraction of sp³-hybridized carbons (Fsp3) is 0.529. The Hall–Kier alpha value is -5.81. The van der Waals surface area contributed by atoms with Crippen molar-refractivity contribution in [1.82, 2.24) is 41.0 Å². The minimum atomic E-state index is -1.18. The number of nitrogens with one attached hydrogen (secondary N) is 6. The number of hydrogen-bond acceptors (Lipinski definition) is 8. The van der Waals surface area contributed by atoms with Gasteiger partial charge in [-0.05, 0) is 99.3 Å². The fourth-order valence-electron chi connectivity index (χ4n) is 11.3. The zero-order valence-corrected chi connectivity index (χ0v) is 41.7. The van der Waals surface area contributed by atoms with Crippen molar-refractivity contribution in [3.8, 4) is 12.1 Å². The van der Waals surface area contributed by atoms with Crippen LogP contribution in [0.5, 0.6) is 0 Å². The van der Waals surface area contributed by atoms with Crippen molar-refractivity contribution in [3.63, 3.8) is 0 Å². The molecule has 1 aliphatic carbocycles. The van der Waals surface area contributed by atoms with Crippen molar-refractivity contribution in [2.24, 2.45) is 22.7 Å². The number of piperidine rings is 2. The van der Waals surface area contributed by atoms with E-state index in [2.05, 4.69) is 43.4 Å². The van der Waals surface area contributed by atoms with E-state index in [4.69, 9.17) is 34.8 Å². The van der Waals surface area contributed by atoms with Gasteiger partial charge in [-0.15, -0.1) is 0 Å². The first-order valence-corrected chi connectivity index (χ1v) is 25.4. The molecule has 16 nitrogen and oxygen atoms in total. The molecule has 70 heavy (non-hydrogen) atoms. The zero-order chi connectivity index (χ0) is 49.9. The Morgan fingerprint density at radius 3 is 2.24 bits per heavy atom. The van der Waals surface area contributed by atoms with E-state index in [1.165, 1.54) is 0 Å². The number of carbonyl (C=O) groups is 6. The minimum absolute atomic E-state index is 0.0500. The molecule has 0 bridgehead atoms. The van der Waals surface area contributed by atoms with E-state index in [0.29, 0.717) is 77.5 Å². The number of benzene rings is 2. The van der Waals surface area contributed by atoms with E-state index in [1.54, 1.807) is 40.1 Å². The highest BCUT2D eigenvalue weighted by Gasteiger charge is 2.50. The molecule has 6 amide bonds. The third-order valence-electron chi connectivity index (χ3n) is 14.8. The van der Waals surface area contributed by atoms with Crippen LogP contribution in [0.2, 0.25) is 15.1 Å². The number of rotatable bonds is 15. The third-order valence-corrected chi connectivity index (χ3v) is 15.9. The van der Waals surface area contributed by atoms with Crippen molar-refractivity contribution >= 4 is 92.1 Å². The number of nitriles is 2. The molecular weight excluding hydrogens is 955 g/mol. The first-order chi connectivity index (χ1) is 33.5. The predicted molar refractivity (Wildman–Crippen MR) is 266 cm³/mol. The van der Waals surface area contributed by atoms with Gasteiger partial charge in [-0.1, -0.05) is 86.1 Å². The molecule has 1 spiro atoms. The zero-order valence-electron chi connectivity index (χ0n) is 39.4. The summed E-state index contributed by atoms with van der Waals surface area (Å²) in [4.78, 5) is 93.0. The standard InChI is InChI=1S/C51H59Cl3N10O6/c1-50(2,23-39(46(67)58-33(25-55)19-31-10-7-17-57-44(31)65)62-45(66)37-21-30-13-14-35(52)41(54)43(30)60-37)27-63-18-8-11-32(48(63)69)20-34(26-56)59-47(68)40-24-51(15-4-3-5-16-51)28-64(40)49(70)38-22-29-9-6-12-36(53)42(29)61-38/h6,9,12-14,21-22,31-34,39-40,60-61H,3-5,7-8,10-11,15-20,23-24,27-28H2,1-2H3,(H,57,65)(H,58,67)(H,59,68)(H,62,66)/t31?,32-,33?,34-,39?,40?/m0/s1. The first kappa shape index (κ1) is 50.6. The minimum Gasteiger partial charge on any atom is -0.356 e. The molecule has 2 aromatic heterocycles. The molecule has 4 unspecified atom stereocenters. The predicted octanol–water partition coefficient (Wildman–Crippen LogP) is 7.55. The molecule has 6 N–H and O–H groups in total. The average molecular weight is 1010 g/mol. The van der Waals surface area contributed by atoms with Gasteiger partial charge in [-0.25, -0.2) is 0 Å². The summed E-state index contributed by atoms with van der Waals surface area (Å²) in [6.45, 7) is 5.35. The SMILES string of the molecule is CC(C)(CC(NC(=O)c1cc2ccc(Cl)c(Cl)c2[nH]1)C(=O)NC(C#N)CC1CCCNC1=O)CN1CCC[C@@H](C[C@@H](C#N)NC(=O)C2CC3(CCCCC3)CN2C(=O)c2cc3cccc(Cl)c3[nH]2)C1=O. The van der Waals surface area contributed by atoms with Gasteiger partial charge < -0.3 is 41.0 Å². The maximum absolute atomic E-state index is 14.3. The number of aromatic amines is 2. The Morgan fingerprint density at radius 2 is 1.51 bits per heavy atom. The van der Waals surface area contributed by atoms with E-state index in [-0.39, 0.29) is 59.7 Å². The van der Waals surface area contributed by atoms with Gasteiger partial charge in [-0.2, -0.15) is 10.5 Å². The molecule has 8 rings (SSSR count). The number of hydrogen-bond donors (Lipinski definition) is 6. The number of aromatic nitrogens is 2. The molecule has 4 fully saturated rings. The lowest BCUT2D eigenvalue weighted by molar-refractivity contribution is -0.141. The van der Waals surface area contributed by atoms with Crippen molar-refractivity contribution in [2.75, 3.05) is 26.2 Å². The van der Waals surface area contributed by atoms with E-state index in [1.807, 2.05) is 26.0 Å². The van der Waals surface area contributed by atoms with Gasteiger partial charge >= 0.3 is 0 Å². The van der Waals surface area contributed by atoms with Crippen molar-refractivity contribution in [1.29, 1.82) is 10.5 Å². The molecule has 5 heterocycles. The summed E-state index contributed by atoms with van der Waals surface area (Å²) in [5, 5.41) is 34.3. The van der Waals surface area contributed by atoms with Gasteiger partial charge in [-0.3, -0.25) is 28.8 Å². The highest BCUT2D eigenvalue weighted by atomic mass is 35.5. The Kier molecular flexibility index (Phi) is 15.4. The molecule has 3 saturated heterocycles. The van der Waals surface area contributed by atoms with Crippen molar-refractivity contribution < 1.29 is 28.8 Å².